The molecule has 1 aromatic carbocycles. The summed E-state index contributed by atoms with van der Waals surface area (Å²) < 4.78 is 17.9. The van der Waals surface area contributed by atoms with Gasteiger partial charge < -0.3 is 24.0 Å². The van der Waals surface area contributed by atoms with Gasteiger partial charge in [0.25, 0.3) is 0 Å². The van der Waals surface area contributed by atoms with Crippen LogP contribution in [0.15, 0.2) is 18.5 Å². The Morgan fingerprint density at radius 3 is 2.48 bits per heavy atom. The molecule has 29 heavy (non-hydrogen) atoms. The summed E-state index contributed by atoms with van der Waals surface area (Å²) in [4.78, 5) is 33.3. The maximum Gasteiger partial charge on any atom is 0.228 e. The fourth-order valence-corrected chi connectivity index (χ4v) is 3.85. The molecule has 3 heterocycles. The van der Waals surface area contributed by atoms with Gasteiger partial charge in [0.05, 0.1) is 46.0 Å². The highest BCUT2D eigenvalue weighted by atomic mass is 16.5. The number of hydrogen-bond acceptors (Lipinski definition) is 7. The van der Waals surface area contributed by atoms with Crippen molar-refractivity contribution in [1.29, 1.82) is 0 Å². The number of carbonyl (C=O) groups is 2. The largest absolute Gasteiger partial charge is 0.493 e. The van der Waals surface area contributed by atoms with Gasteiger partial charge >= 0.3 is 0 Å². The molecule has 10 nitrogen and oxygen atoms in total. The monoisotopic (exact) mass is 401 g/mol. The van der Waals surface area contributed by atoms with Gasteiger partial charge in [-0.15, -0.1) is 0 Å². The van der Waals surface area contributed by atoms with Crippen molar-refractivity contribution in [2.45, 2.75) is 19.5 Å². The van der Waals surface area contributed by atoms with E-state index >= 15 is 0 Å². The van der Waals surface area contributed by atoms with Gasteiger partial charge in [0, 0.05) is 31.6 Å². The first-order valence-corrected chi connectivity index (χ1v) is 9.31. The third kappa shape index (κ3) is 3.34. The number of rotatable bonds is 5. The van der Waals surface area contributed by atoms with Crippen LogP contribution in [0.3, 0.4) is 0 Å². The Bertz CT molecular complexity index is 918. The number of nitrogens with zero attached hydrogens (tertiary/aromatic N) is 5. The van der Waals surface area contributed by atoms with Crippen molar-refractivity contribution >= 4 is 17.5 Å². The lowest BCUT2D eigenvalue weighted by molar-refractivity contribution is -0.137. The summed E-state index contributed by atoms with van der Waals surface area (Å²) in [5.41, 5.74) is 0.609. The topological polar surface area (TPSA) is 99.0 Å². The fraction of sp³-hybridized carbons (Fsp3) is 0.474. The molecule has 1 saturated heterocycles. The SMILES string of the molecule is COc1cc(N2C[C@H](C(=O)N3CCn4ncnc4C3)CC2=O)cc(OC)c1OC. The molecule has 0 spiro atoms. The average molecular weight is 401 g/mol. The van der Waals surface area contributed by atoms with E-state index in [1.54, 1.807) is 26.6 Å². The van der Waals surface area contributed by atoms with E-state index in [4.69, 9.17) is 14.2 Å². The van der Waals surface area contributed by atoms with Crippen molar-refractivity contribution in [3.05, 3.63) is 24.3 Å². The zero-order valence-corrected chi connectivity index (χ0v) is 16.6. The molecule has 1 fully saturated rings. The van der Waals surface area contributed by atoms with Crippen molar-refractivity contribution in [1.82, 2.24) is 19.7 Å². The van der Waals surface area contributed by atoms with E-state index in [1.807, 2.05) is 0 Å². The Balaban J connectivity index is 1.53. The summed E-state index contributed by atoms with van der Waals surface area (Å²) in [5.74, 6) is 1.57. The van der Waals surface area contributed by atoms with Gasteiger partial charge in [-0.25, -0.2) is 9.67 Å². The van der Waals surface area contributed by atoms with Crippen LogP contribution in [0.5, 0.6) is 17.2 Å². The summed E-state index contributed by atoms with van der Waals surface area (Å²) in [7, 11) is 4.57. The minimum Gasteiger partial charge on any atom is -0.493 e. The summed E-state index contributed by atoms with van der Waals surface area (Å²) in [6, 6.07) is 3.44. The van der Waals surface area contributed by atoms with E-state index in [0.29, 0.717) is 49.1 Å². The lowest BCUT2D eigenvalue weighted by atomic mass is 10.1. The van der Waals surface area contributed by atoms with Crippen LogP contribution in [0.1, 0.15) is 12.2 Å². The van der Waals surface area contributed by atoms with Crippen LogP contribution < -0.4 is 19.1 Å². The molecule has 0 N–H and O–H groups in total. The van der Waals surface area contributed by atoms with Crippen LogP contribution in [0.2, 0.25) is 0 Å². The van der Waals surface area contributed by atoms with Crippen LogP contribution in [0, 0.1) is 5.92 Å². The number of anilines is 1. The normalized spacial score (nSPS) is 18.6. The van der Waals surface area contributed by atoms with Crippen LogP contribution in [-0.4, -0.2) is 65.9 Å². The summed E-state index contributed by atoms with van der Waals surface area (Å²) in [5, 5.41) is 4.13. The molecule has 10 heteroatoms. The summed E-state index contributed by atoms with van der Waals surface area (Å²) >= 11 is 0. The highest BCUT2D eigenvalue weighted by molar-refractivity contribution is 6.00. The van der Waals surface area contributed by atoms with Gasteiger partial charge in [-0.3, -0.25) is 9.59 Å². The molecule has 1 aromatic heterocycles. The Labute approximate surface area is 168 Å². The second-order valence-corrected chi connectivity index (χ2v) is 6.95. The second-order valence-electron chi connectivity index (χ2n) is 6.95. The minimum atomic E-state index is -0.406. The van der Waals surface area contributed by atoms with Gasteiger partial charge in [0.2, 0.25) is 17.6 Å². The number of amides is 2. The van der Waals surface area contributed by atoms with Crippen molar-refractivity contribution in [3.63, 3.8) is 0 Å². The Morgan fingerprint density at radius 1 is 1.10 bits per heavy atom. The van der Waals surface area contributed by atoms with Crippen LogP contribution in [-0.2, 0) is 22.7 Å². The first-order chi connectivity index (χ1) is 14.0. The molecule has 2 aliphatic rings. The standard InChI is InChI=1S/C19H23N5O5/c1-27-14-7-13(8-15(28-2)18(14)29-3)23-9-12(6-17(23)25)19(26)22-4-5-24-16(10-22)20-11-21-24/h7-8,11-12H,4-6,9-10H2,1-3H3/t12-/m1/s1. The number of ether oxygens (including phenoxy) is 3. The smallest absolute Gasteiger partial charge is 0.228 e. The summed E-state index contributed by atoms with van der Waals surface area (Å²) in [6.07, 6.45) is 1.66. The number of benzene rings is 1. The lowest BCUT2D eigenvalue weighted by Crippen LogP contribution is -2.42. The molecule has 0 aliphatic carbocycles. The van der Waals surface area contributed by atoms with E-state index in [-0.39, 0.29) is 18.2 Å². The highest BCUT2D eigenvalue weighted by Gasteiger charge is 2.38. The zero-order valence-electron chi connectivity index (χ0n) is 16.6. The molecule has 0 saturated carbocycles. The van der Waals surface area contributed by atoms with Crippen LogP contribution in [0.25, 0.3) is 0 Å². The number of hydrogen-bond donors (Lipinski definition) is 0. The molecule has 154 valence electrons. The molecular formula is C19H23N5O5. The minimum absolute atomic E-state index is 0.0393. The maximum absolute atomic E-state index is 13.0. The Morgan fingerprint density at radius 2 is 1.83 bits per heavy atom. The van der Waals surface area contributed by atoms with Crippen molar-refractivity contribution < 1.29 is 23.8 Å². The fourth-order valence-electron chi connectivity index (χ4n) is 3.85. The number of aromatic nitrogens is 3. The number of carbonyl (C=O) groups excluding carboxylic acids is 2. The van der Waals surface area contributed by atoms with Gasteiger partial charge in [-0.1, -0.05) is 0 Å². The number of methoxy groups -OCH3 is 3. The highest BCUT2D eigenvalue weighted by Crippen LogP contribution is 2.42. The van der Waals surface area contributed by atoms with E-state index in [1.165, 1.54) is 27.7 Å². The van der Waals surface area contributed by atoms with Crippen molar-refractivity contribution in [3.8, 4) is 17.2 Å². The van der Waals surface area contributed by atoms with Crippen molar-refractivity contribution in [2.75, 3.05) is 39.3 Å². The molecule has 0 bridgehead atoms. The third-order valence-electron chi connectivity index (χ3n) is 5.36. The average Bonchev–Trinajstić information content (AvgIpc) is 3.37. The quantitative estimate of drug-likeness (QED) is 0.727. The zero-order chi connectivity index (χ0) is 20.5. The van der Waals surface area contributed by atoms with E-state index < -0.39 is 5.92 Å². The molecule has 2 aromatic rings. The van der Waals surface area contributed by atoms with E-state index in [0.717, 1.165) is 5.82 Å². The van der Waals surface area contributed by atoms with Crippen LogP contribution in [0.4, 0.5) is 5.69 Å². The molecule has 1 atom stereocenters. The molecule has 2 aliphatic heterocycles. The molecular weight excluding hydrogens is 378 g/mol. The molecule has 0 unspecified atom stereocenters. The lowest BCUT2D eigenvalue weighted by Gasteiger charge is -2.29. The number of fused-ring (bicyclic) bond motifs is 1. The predicted molar refractivity (Wildman–Crippen MR) is 102 cm³/mol. The van der Waals surface area contributed by atoms with E-state index in [9.17, 15) is 9.59 Å². The van der Waals surface area contributed by atoms with Gasteiger partial charge in [-0.05, 0) is 0 Å². The predicted octanol–water partition coefficient (Wildman–Crippen LogP) is 0.699. The molecule has 0 radical (unpaired) electrons. The van der Waals surface area contributed by atoms with Crippen LogP contribution >= 0.6 is 0 Å². The Kier molecular flexibility index (Phi) is 4.99. The summed E-state index contributed by atoms with van der Waals surface area (Å²) in [6.45, 7) is 1.88. The first kappa shape index (κ1) is 19.0. The first-order valence-electron chi connectivity index (χ1n) is 9.31. The Hall–Kier alpha value is -3.30. The molecule has 4 rings (SSSR count). The molecule has 2 amide bonds. The third-order valence-corrected chi connectivity index (χ3v) is 5.36. The van der Waals surface area contributed by atoms with Crippen molar-refractivity contribution in [2.24, 2.45) is 5.92 Å². The van der Waals surface area contributed by atoms with Gasteiger partial charge in [-0.2, -0.15) is 5.10 Å². The van der Waals surface area contributed by atoms with E-state index in [2.05, 4.69) is 10.1 Å². The maximum atomic E-state index is 13.0. The van der Waals surface area contributed by atoms with Gasteiger partial charge in [0.1, 0.15) is 12.2 Å². The second kappa shape index (κ2) is 7.61. The van der Waals surface area contributed by atoms with Gasteiger partial charge in [0.15, 0.2) is 11.5 Å².